The average Bonchev–Trinajstić information content (AvgIpc) is 2.78. The third-order valence-corrected chi connectivity index (χ3v) is 4.65. The van der Waals surface area contributed by atoms with Gasteiger partial charge in [0, 0.05) is 10.9 Å². The molecule has 1 heterocycles. The van der Waals surface area contributed by atoms with Crippen LogP contribution >= 0.6 is 15.9 Å². The minimum Gasteiger partial charge on any atom is -0.481 e. The number of aliphatic carboxylic acids is 1. The number of rotatable bonds is 4. The summed E-state index contributed by atoms with van der Waals surface area (Å²) in [7, 11) is 0. The van der Waals surface area contributed by atoms with Gasteiger partial charge >= 0.3 is 5.97 Å². The maximum absolute atomic E-state index is 11.2. The maximum atomic E-state index is 11.2. The molecule has 21 heavy (non-hydrogen) atoms. The van der Waals surface area contributed by atoms with Crippen molar-refractivity contribution in [1.82, 2.24) is 10.1 Å². The summed E-state index contributed by atoms with van der Waals surface area (Å²) in [6.45, 7) is 3.82. The summed E-state index contributed by atoms with van der Waals surface area (Å²) >= 11 is 3.39. The summed E-state index contributed by atoms with van der Waals surface area (Å²) in [4.78, 5) is 15.6. The van der Waals surface area contributed by atoms with E-state index in [2.05, 4.69) is 26.1 Å². The second kappa shape index (κ2) is 4.94. The molecule has 2 atom stereocenters. The van der Waals surface area contributed by atoms with Crippen LogP contribution in [0.3, 0.4) is 0 Å². The lowest BCUT2D eigenvalue weighted by Crippen LogP contribution is -2.03. The van der Waals surface area contributed by atoms with Gasteiger partial charge in [0.2, 0.25) is 5.89 Å². The third kappa shape index (κ3) is 2.60. The van der Waals surface area contributed by atoms with Gasteiger partial charge in [0.15, 0.2) is 5.82 Å². The molecule has 110 valence electrons. The summed E-state index contributed by atoms with van der Waals surface area (Å²) in [5.41, 5.74) is 0.753. The average molecular weight is 351 g/mol. The van der Waals surface area contributed by atoms with E-state index in [1.165, 1.54) is 0 Å². The molecule has 5 nitrogen and oxygen atoms in total. The topological polar surface area (TPSA) is 76.2 Å². The van der Waals surface area contributed by atoms with Crippen molar-refractivity contribution < 1.29 is 14.4 Å². The lowest BCUT2D eigenvalue weighted by molar-refractivity contribution is -0.139. The molecular weight excluding hydrogens is 336 g/mol. The lowest BCUT2D eigenvalue weighted by Gasteiger charge is -1.97. The molecule has 2 unspecified atom stereocenters. The van der Waals surface area contributed by atoms with Crippen LogP contribution in [0.1, 0.15) is 37.0 Å². The van der Waals surface area contributed by atoms with Crippen LogP contribution in [-0.4, -0.2) is 21.2 Å². The van der Waals surface area contributed by atoms with Gasteiger partial charge < -0.3 is 9.63 Å². The maximum Gasteiger partial charge on any atom is 0.307 e. The van der Waals surface area contributed by atoms with Crippen LogP contribution in [0.25, 0.3) is 0 Å². The number of hydrogen-bond donors (Lipinski definition) is 1. The van der Waals surface area contributed by atoms with Crippen LogP contribution in [0.15, 0.2) is 33.3 Å². The normalized spacial score (nSPS) is 23.0. The number of hydrogen-bond acceptors (Lipinski definition) is 4. The standard InChI is InChI=1S/C15H15BrN2O3/c1-15(2)11(12(15)14(19)20)13-17-10(18-21-13)7-8-3-5-9(16)6-4-8/h3-6,11-12H,7H2,1-2H3,(H,19,20). The Bertz CT molecular complexity index is 678. The quantitative estimate of drug-likeness (QED) is 0.915. The van der Waals surface area contributed by atoms with Gasteiger partial charge in [0.25, 0.3) is 0 Å². The van der Waals surface area contributed by atoms with Crippen molar-refractivity contribution >= 4 is 21.9 Å². The van der Waals surface area contributed by atoms with Crippen LogP contribution < -0.4 is 0 Å². The zero-order valence-corrected chi connectivity index (χ0v) is 13.3. The van der Waals surface area contributed by atoms with Gasteiger partial charge in [-0.15, -0.1) is 0 Å². The Balaban J connectivity index is 1.75. The van der Waals surface area contributed by atoms with Crippen molar-refractivity contribution in [2.75, 3.05) is 0 Å². The minimum absolute atomic E-state index is 0.193. The van der Waals surface area contributed by atoms with Gasteiger partial charge in [-0.2, -0.15) is 4.98 Å². The molecule has 0 saturated heterocycles. The van der Waals surface area contributed by atoms with Gasteiger partial charge in [-0.1, -0.05) is 47.1 Å². The first-order valence-electron chi connectivity index (χ1n) is 6.69. The Morgan fingerprint density at radius 2 is 2.05 bits per heavy atom. The number of nitrogens with zero attached hydrogens (tertiary/aromatic N) is 2. The molecule has 1 aliphatic carbocycles. The highest BCUT2D eigenvalue weighted by atomic mass is 79.9. The molecule has 1 N–H and O–H groups in total. The molecule has 0 amide bonds. The van der Waals surface area contributed by atoms with E-state index in [4.69, 9.17) is 4.52 Å². The fraction of sp³-hybridized carbons (Fsp3) is 0.400. The largest absolute Gasteiger partial charge is 0.481 e. The van der Waals surface area contributed by atoms with Crippen LogP contribution in [-0.2, 0) is 11.2 Å². The Kier molecular flexibility index (Phi) is 3.36. The minimum atomic E-state index is -0.808. The third-order valence-electron chi connectivity index (χ3n) is 4.12. The SMILES string of the molecule is CC1(C)C(C(=O)O)C1c1nc(Cc2ccc(Br)cc2)no1. The van der Waals surface area contributed by atoms with E-state index in [1.807, 2.05) is 38.1 Å². The van der Waals surface area contributed by atoms with Gasteiger partial charge in [-0.05, 0) is 23.1 Å². The van der Waals surface area contributed by atoms with Crippen LogP contribution in [0, 0.1) is 11.3 Å². The van der Waals surface area contributed by atoms with Crippen molar-refractivity contribution in [3.05, 3.63) is 46.0 Å². The highest BCUT2D eigenvalue weighted by Crippen LogP contribution is 2.63. The predicted molar refractivity (Wildman–Crippen MR) is 78.9 cm³/mol. The Morgan fingerprint density at radius 1 is 1.38 bits per heavy atom. The van der Waals surface area contributed by atoms with Crippen molar-refractivity contribution in [3.8, 4) is 0 Å². The van der Waals surface area contributed by atoms with Crippen LogP contribution in [0.2, 0.25) is 0 Å². The molecule has 3 rings (SSSR count). The Hall–Kier alpha value is -1.69. The number of halogens is 1. The first kappa shape index (κ1) is 14.3. The smallest absolute Gasteiger partial charge is 0.307 e. The summed E-state index contributed by atoms with van der Waals surface area (Å²) < 4.78 is 6.28. The molecule has 0 radical (unpaired) electrons. The molecule has 1 saturated carbocycles. The van der Waals surface area contributed by atoms with E-state index >= 15 is 0 Å². The number of carboxylic acid groups (broad SMARTS) is 1. The zero-order valence-electron chi connectivity index (χ0n) is 11.7. The van der Waals surface area contributed by atoms with E-state index in [0.29, 0.717) is 18.1 Å². The fourth-order valence-electron chi connectivity index (χ4n) is 2.81. The molecule has 1 aromatic heterocycles. The highest BCUT2D eigenvalue weighted by molar-refractivity contribution is 9.10. The van der Waals surface area contributed by atoms with Crippen LogP contribution in [0.5, 0.6) is 0 Å². The predicted octanol–water partition coefficient (Wildman–Crippen LogP) is 3.25. The van der Waals surface area contributed by atoms with Gasteiger partial charge in [-0.3, -0.25) is 4.79 Å². The van der Waals surface area contributed by atoms with Gasteiger partial charge in [-0.25, -0.2) is 0 Å². The number of benzene rings is 1. The fourth-order valence-corrected chi connectivity index (χ4v) is 3.07. The second-order valence-corrected chi connectivity index (χ2v) is 6.88. The molecule has 6 heteroatoms. The van der Waals surface area contributed by atoms with Gasteiger partial charge in [0.05, 0.1) is 11.8 Å². The molecule has 0 bridgehead atoms. The number of aromatic nitrogens is 2. The molecule has 1 fully saturated rings. The zero-order chi connectivity index (χ0) is 15.2. The van der Waals surface area contributed by atoms with Crippen LogP contribution in [0.4, 0.5) is 0 Å². The van der Waals surface area contributed by atoms with Crippen molar-refractivity contribution in [1.29, 1.82) is 0 Å². The van der Waals surface area contributed by atoms with E-state index in [1.54, 1.807) is 0 Å². The van der Waals surface area contributed by atoms with Crippen molar-refractivity contribution in [2.24, 2.45) is 11.3 Å². The number of carbonyl (C=O) groups is 1. The summed E-state index contributed by atoms with van der Waals surface area (Å²) in [5, 5.41) is 13.2. The van der Waals surface area contributed by atoms with Gasteiger partial charge in [0.1, 0.15) is 0 Å². The lowest BCUT2D eigenvalue weighted by atomic mass is 10.1. The summed E-state index contributed by atoms with van der Waals surface area (Å²) in [5.74, 6) is -0.434. The molecular formula is C15H15BrN2O3. The summed E-state index contributed by atoms with van der Waals surface area (Å²) in [6, 6.07) is 7.89. The molecule has 1 aromatic carbocycles. The second-order valence-electron chi connectivity index (χ2n) is 5.97. The molecule has 2 aromatic rings. The molecule has 0 spiro atoms. The number of carboxylic acids is 1. The van der Waals surface area contributed by atoms with E-state index < -0.39 is 11.9 Å². The Morgan fingerprint density at radius 3 is 2.62 bits per heavy atom. The van der Waals surface area contributed by atoms with E-state index in [0.717, 1.165) is 10.0 Å². The monoisotopic (exact) mass is 350 g/mol. The molecule has 1 aliphatic rings. The Labute approximate surface area is 130 Å². The molecule has 0 aliphatic heterocycles. The highest BCUT2D eigenvalue weighted by Gasteiger charge is 2.65. The summed E-state index contributed by atoms with van der Waals surface area (Å²) in [6.07, 6.45) is 0.571. The first-order valence-corrected chi connectivity index (χ1v) is 7.48. The van der Waals surface area contributed by atoms with E-state index in [9.17, 15) is 9.90 Å². The van der Waals surface area contributed by atoms with E-state index in [-0.39, 0.29) is 11.3 Å². The van der Waals surface area contributed by atoms with Crippen molar-refractivity contribution in [3.63, 3.8) is 0 Å². The first-order chi connectivity index (χ1) is 9.89. The van der Waals surface area contributed by atoms with Crippen molar-refractivity contribution in [2.45, 2.75) is 26.2 Å².